The molecule has 1 rings (SSSR count). The van der Waals surface area contributed by atoms with Gasteiger partial charge in [0, 0.05) is 13.2 Å². The SMILES string of the molecule is CCC(CCO)CNC(=O)COc1ccc(C)cc1C. The number of carbonyl (C=O) groups excluding carboxylic acids is 1. The Labute approximate surface area is 121 Å². The lowest BCUT2D eigenvalue weighted by molar-refractivity contribution is -0.123. The molecule has 1 amide bonds. The summed E-state index contributed by atoms with van der Waals surface area (Å²) in [5.74, 6) is 0.944. The largest absolute Gasteiger partial charge is 0.484 e. The van der Waals surface area contributed by atoms with Crippen LogP contribution < -0.4 is 10.1 Å². The maximum Gasteiger partial charge on any atom is 0.257 e. The van der Waals surface area contributed by atoms with Gasteiger partial charge in [0.25, 0.3) is 5.91 Å². The number of carbonyl (C=O) groups is 1. The van der Waals surface area contributed by atoms with Gasteiger partial charge in [0.2, 0.25) is 0 Å². The summed E-state index contributed by atoms with van der Waals surface area (Å²) in [6.07, 6.45) is 1.66. The third-order valence-corrected chi connectivity index (χ3v) is 3.39. The molecule has 0 bridgehead atoms. The quantitative estimate of drug-likeness (QED) is 0.767. The summed E-state index contributed by atoms with van der Waals surface area (Å²) in [5, 5.41) is 11.7. The first kappa shape index (κ1) is 16.5. The molecule has 1 unspecified atom stereocenters. The number of rotatable bonds is 8. The molecule has 1 aromatic rings. The van der Waals surface area contributed by atoms with E-state index in [0.29, 0.717) is 18.9 Å². The van der Waals surface area contributed by atoms with Gasteiger partial charge in [-0.2, -0.15) is 0 Å². The number of hydrogen-bond donors (Lipinski definition) is 2. The van der Waals surface area contributed by atoms with E-state index in [0.717, 1.165) is 17.7 Å². The highest BCUT2D eigenvalue weighted by atomic mass is 16.5. The number of ether oxygens (including phenoxy) is 1. The third kappa shape index (κ3) is 5.61. The van der Waals surface area contributed by atoms with Crippen LogP contribution in [-0.4, -0.2) is 30.8 Å². The fourth-order valence-corrected chi connectivity index (χ4v) is 2.05. The van der Waals surface area contributed by atoms with Gasteiger partial charge in [0.05, 0.1) is 0 Å². The summed E-state index contributed by atoms with van der Waals surface area (Å²) in [7, 11) is 0. The Bertz CT molecular complexity index is 432. The van der Waals surface area contributed by atoms with Gasteiger partial charge in [-0.3, -0.25) is 4.79 Å². The van der Waals surface area contributed by atoms with E-state index in [2.05, 4.69) is 12.2 Å². The molecular formula is C16H25NO3. The minimum absolute atomic E-state index is 0.0272. The second-order valence-corrected chi connectivity index (χ2v) is 5.15. The van der Waals surface area contributed by atoms with Crippen LogP contribution in [0.15, 0.2) is 18.2 Å². The molecule has 1 atom stereocenters. The summed E-state index contributed by atoms with van der Waals surface area (Å²) in [4.78, 5) is 11.7. The van der Waals surface area contributed by atoms with Crippen molar-refractivity contribution in [1.82, 2.24) is 5.32 Å². The molecule has 4 heteroatoms. The van der Waals surface area contributed by atoms with Gasteiger partial charge in [-0.15, -0.1) is 0 Å². The molecule has 0 fully saturated rings. The van der Waals surface area contributed by atoms with Gasteiger partial charge in [0.15, 0.2) is 6.61 Å². The third-order valence-electron chi connectivity index (χ3n) is 3.39. The van der Waals surface area contributed by atoms with Gasteiger partial charge in [-0.1, -0.05) is 31.0 Å². The molecule has 1 aromatic carbocycles. The molecule has 0 aliphatic heterocycles. The maximum atomic E-state index is 11.7. The topological polar surface area (TPSA) is 58.6 Å². The molecule has 0 aliphatic carbocycles. The Kier molecular flexibility index (Phi) is 7.09. The number of aryl methyl sites for hydroxylation is 2. The standard InChI is InChI=1S/C16H25NO3/c1-4-14(7-8-18)10-17-16(19)11-20-15-6-5-12(2)9-13(15)3/h5-6,9,14,18H,4,7-8,10-11H2,1-3H3,(H,17,19). The van der Waals surface area contributed by atoms with Crippen molar-refractivity contribution in [2.45, 2.75) is 33.6 Å². The zero-order chi connectivity index (χ0) is 15.0. The highest BCUT2D eigenvalue weighted by molar-refractivity contribution is 5.77. The lowest BCUT2D eigenvalue weighted by Crippen LogP contribution is -2.33. The number of aliphatic hydroxyl groups is 1. The molecule has 0 saturated heterocycles. The van der Waals surface area contributed by atoms with Crippen LogP contribution >= 0.6 is 0 Å². The van der Waals surface area contributed by atoms with Crippen molar-refractivity contribution in [2.24, 2.45) is 5.92 Å². The summed E-state index contributed by atoms with van der Waals surface area (Å²) < 4.78 is 5.52. The van der Waals surface area contributed by atoms with E-state index in [-0.39, 0.29) is 19.1 Å². The molecule has 112 valence electrons. The van der Waals surface area contributed by atoms with E-state index in [1.165, 1.54) is 5.56 Å². The average Bonchev–Trinajstić information content (AvgIpc) is 2.42. The van der Waals surface area contributed by atoms with Gasteiger partial charge in [0.1, 0.15) is 5.75 Å². The molecule has 20 heavy (non-hydrogen) atoms. The molecule has 0 aliphatic rings. The molecular weight excluding hydrogens is 254 g/mol. The van der Waals surface area contributed by atoms with Gasteiger partial charge in [-0.25, -0.2) is 0 Å². The van der Waals surface area contributed by atoms with Crippen molar-refractivity contribution >= 4 is 5.91 Å². The van der Waals surface area contributed by atoms with Crippen LogP contribution in [0.25, 0.3) is 0 Å². The summed E-state index contributed by atoms with van der Waals surface area (Å²) in [5.41, 5.74) is 2.21. The monoisotopic (exact) mass is 279 g/mol. The number of hydrogen-bond acceptors (Lipinski definition) is 3. The van der Waals surface area contributed by atoms with Crippen molar-refractivity contribution in [2.75, 3.05) is 19.8 Å². The van der Waals surface area contributed by atoms with Crippen molar-refractivity contribution < 1.29 is 14.6 Å². The smallest absolute Gasteiger partial charge is 0.257 e. The Hall–Kier alpha value is -1.55. The number of nitrogens with one attached hydrogen (secondary N) is 1. The van der Waals surface area contributed by atoms with Crippen LogP contribution in [0.3, 0.4) is 0 Å². The molecule has 0 aromatic heterocycles. The van der Waals surface area contributed by atoms with Crippen LogP contribution in [0.2, 0.25) is 0 Å². The zero-order valence-electron chi connectivity index (χ0n) is 12.6. The second kappa shape index (κ2) is 8.59. The van der Waals surface area contributed by atoms with E-state index in [9.17, 15) is 4.79 Å². The minimum Gasteiger partial charge on any atom is -0.484 e. The van der Waals surface area contributed by atoms with Crippen LogP contribution in [0.1, 0.15) is 30.9 Å². The lowest BCUT2D eigenvalue weighted by atomic mass is 10.0. The highest BCUT2D eigenvalue weighted by Crippen LogP contribution is 2.18. The van der Waals surface area contributed by atoms with Crippen molar-refractivity contribution in [1.29, 1.82) is 0 Å². The van der Waals surface area contributed by atoms with E-state index in [1.54, 1.807) is 0 Å². The van der Waals surface area contributed by atoms with Gasteiger partial charge < -0.3 is 15.2 Å². The molecule has 0 heterocycles. The van der Waals surface area contributed by atoms with Crippen LogP contribution in [0.5, 0.6) is 5.75 Å². The highest BCUT2D eigenvalue weighted by Gasteiger charge is 2.09. The first-order valence-corrected chi connectivity index (χ1v) is 7.14. The van der Waals surface area contributed by atoms with E-state index >= 15 is 0 Å². The Balaban J connectivity index is 2.36. The number of aliphatic hydroxyl groups excluding tert-OH is 1. The van der Waals surface area contributed by atoms with Crippen LogP contribution in [0, 0.1) is 19.8 Å². The molecule has 4 nitrogen and oxygen atoms in total. The molecule has 0 radical (unpaired) electrons. The summed E-state index contributed by atoms with van der Waals surface area (Å²) in [6.45, 7) is 6.82. The number of amides is 1. The van der Waals surface area contributed by atoms with Crippen molar-refractivity contribution in [3.63, 3.8) is 0 Å². The Morgan fingerprint density at radius 1 is 1.40 bits per heavy atom. The first-order valence-electron chi connectivity index (χ1n) is 7.14. The maximum absolute atomic E-state index is 11.7. The summed E-state index contributed by atoms with van der Waals surface area (Å²) >= 11 is 0. The van der Waals surface area contributed by atoms with E-state index in [1.807, 2.05) is 32.0 Å². The normalized spacial score (nSPS) is 12.0. The van der Waals surface area contributed by atoms with Crippen molar-refractivity contribution in [3.05, 3.63) is 29.3 Å². The molecule has 0 saturated carbocycles. The predicted molar refractivity (Wildman–Crippen MR) is 79.9 cm³/mol. The lowest BCUT2D eigenvalue weighted by Gasteiger charge is -2.15. The van der Waals surface area contributed by atoms with Gasteiger partial charge in [-0.05, 0) is 37.8 Å². The predicted octanol–water partition coefficient (Wildman–Crippen LogP) is 2.21. The average molecular weight is 279 g/mol. The first-order chi connectivity index (χ1) is 9.56. The minimum atomic E-state index is -0.124. The van der Waals surface area contributed by atoms with E-state index < -0.39 is 0 Å². The second-order valence-electron chi connectivity index (χ2n) is 5.15. The zero-order valence-corrected chi connectivity index (χ0v) is 12.6. The number of benzene rings is 1. The summed E-state index contributed by atoms with van der Waals surface area (Å²) in [6, 6.07) is 5.88. The molecule has 0 spiro atoms. The Morgan fingerprint density at radius 3 is 2.75 bits per heavy atom. The van der Waals surface area contributed by atoms with Crippen LogP contribution in [0.4, 0.5) is 0 Å². The Morgan fingerprint density at radius 2 is 2.15 bits per heavy atom. The van der Waals surface area contributed by atoms with Gasteiger partial charge >= 0.3 is 0 Å². The van der Waals surface area contributed by atoms with Crippen molar-refractivity contribution in [3.8, 4) is 5.75 Å². The molecule has 2 N–H and O–H groups in total. The fourth-order valence-electron chi connectivity index (χ4n) is 2.05. The van der Waals surface area contributed by atoms with E-state index in [4.69, 9.17) is 9.84 Å². The fraction of sp³-hybridized carbons (Fsp3) is 0.562. The van der Waals surface area contributed by atoms with Crippen LogP contribution in [-0.2, 0) is 4.79 Å².